The van der Waals surface area contributed by atoms with E-state index in [4.69, 9.17) is 4.99 Å². The van der Waals surface area contributed by atoms with Crippen molar-refractivity contribution in [2.75, 3.05) is 0 Å². The number of amidine groups is 2. The van der Waals surface area contributed by atoms with Gasteiger partial charge in [-0.05, 0) is 42.5 Å². The molecule has 1 unspecified atom stereocenters. The molecule has 5 heteroatoms. The van der Waals surface area contributed by atoms with Crippen LogP contribution < -0.4 is 0 Å². The van der Waals surface area contributed by atoms with E-state index in [0.717, 1.165) is 47.6 Å². The molecule has 0 amide bonds. The van der Waals surface area contributed by atoms with Gasteiger partial charge in [-0.25, -0.2) is 9.79 Å². The third-order valence-electron chi connectivity index (χ3n) is 5.09. The molecule has 0 saturated carbocycles. The third kappa shape index (κ3) is 7.68. The molecule has 0 bridgehead atoms. The highest BCUT2D eigenvalue weighted by molar-refractivity contribution is 6.08. The van der Waals surface area contributed by atoms with Gasteiger partial charge in [0.1, 0.15) is 17.7 Å². The molecule has 2 aromatic rings. The Labute approximate surface area is 206 Å². The van der Waals surface area contributed by atoms with Gasteiger partial charge in [-0.3, -0.25) is 4.99 Å². The fourth-order valence-electron chi connectivity index (χ4n) is 3.61. The highest BCUT2D eigenvalue weighted by Crippen LogP contribution is 2.25. The second-order valence-corrected chi connectivity index (χ2v) is 7.39. The monoisotopic (exact) mass is 463 g/mol. The first-order valence-electron chi connectivity index (χ1n) is 12.5. The van der Waals surface area contributed by atoms with Crippen LogP contribution in [0.3, 0.4) is 0 Å². The molecular weight excluding hydrogens is 422 g/mol. The fourth-order valence-corrected chi connectivity index (χ4v) is 3.61. The van der Waals surface area contributed by atoms with Gasteiger partial charge < -0.3 is 10.0 Å². The number of hydrogen-bond acceptors (Lipinski definition) is 3. The normalized spacial score (nSPS) is 16.0. The van der Waals surface area contributed by atoms with Crippen molar-refractivity contribution < 1.29 is 9.90 Å². The van der Waals surface area contributed by atoms with E-state index in [2.05, 4.69) is 42.8 Å². The number of aliphatic imine (C=N–C) groups is 2. The van der Waals surface area contributed by atoms with E-state index in [9.17, 15) is 9.90 Å². The van der Waals surface area contributed by atoms with Gasteiger partial charge in [0.25, 0.3) is 0 Å². The Kier molecular flexibility index (Phi) is 13.2. The highest BCUT2D eigenvalue weighted by Gasteiger charge is 2.28. The van der Waals surface area contributed by atoms with Crippen LogP contribution in [-0.4, -0.2) is 33.7 Å². The summed E-state index contributed by atoms with van der Waals surface area (Å²) in [5.74, 6) is 1.14. The number of allylic oxidation sites excluding steroid dienone is 1. The lowest BCUT2D eigenvalue weighted by Crippen LogP contribution is -2.34. The standard InChI is InChI=1S/C25H29N3O2.2C2H6/c1-4-6-16-26-24-18(3)27-23(9-5-2)28(24)17-19-12-14-20(15-13-19)21-10-7-8-11-22(21)25(29)30;2*1-2/h6-8,10-16,18H,4-5,9,17H2,1-3H3,(H,29,30);2*1-2H3/b16-6-,26-24?;;. The Morgan fingerprint density at radius 1 is 1.06 bits per heavy atom. The van der Waals surface area contributed by atoms with E-state index in [1.54, 1.807) is 12.1 Å². The number of carbonyl (C=O) groups is 1. The Morgan fingerprint density at radius 3 is 2.29 bits per heavy atom. The summed E-state index contributed by atoms with van der Waals surface area (Å²) in [6, 6.07) is 15.2. The molecule has 1 aliphatic heterocycles. The molecule has 1 atom stereocenters. The van der Waals surface area contributed by atoms with Crippen LogP contribution in [0.4, 0.5) is 0 Å². The molecule has 34 heavy (non-hydrogen) atoms. The molecule has 1 N–H and O–H groups in total. The van der Waals surface area contributed by atoms with Crippen LogP contribution in [0.25, 0.3) is 11.1 Å². The zero-order valence-electron chi connectivity index (χ0n) is 21.9. The molecule has 0 saturated heterocycles. The number of carboxylic acids is 1. The second kappa shape index (κ2) is 15.6. The first-order valence-corrected chi connectivity index (χ1v) is 12.5. The van der Waals surface area contributed by atoms with Gasteiger partial charge in [-0.1, -0.05) is 90.1 Å². The van der Waals surface area contributed by atoms with Crippen molar-refractivity contribution in [2.24, 2.45) is 9.98 Å². The van der Waals surface area contributed by atoms with Gasteiger partial charge in [0, 0.05) is 12.6 Å². The number of carboxylic acid groups (broad SMARTS) is 1. The summed E-state index contributed by atoms with van der Waals surface area (Å²) in [6.07, 6.45) is 6.82. The quantitative estimate of drug-likeness (QED) is 0.434. The van der Waals surface area contributed by atoms with Gasteiger partial charge in [0.15, 0.2) is 0 Å². The molecule has 1 aliphatic rings. The predicted octanol–water partition coefficient (Wildman–Crippen LogP) is 7.83. The number of aromatic carboxylic acids is 1. The Morgan fingerprint density at radius 2 is 1.71 bits per heavy atom. The predicted molar refractivity (Wildman–Crippen MR) is 146 cm³/mol. The van der Waals surface area contributed by atoms with Crippen molar-refractivity contribution in [3.05, 3.63) is 71.9 Å². The molecule has 2 aromatic carbocycles. The molecule has 3 rings (SSSR count). The van der Waals surface area contributed by atoms with E-state index in [1.807, 2.05) is 64.2 Å². The van der Waals surface area contributed by atoms with Crippen molar-refractivity contribution in [3.63, 3.8) is 0 Å². The Balaban J connectivity index is 0.00000137. The number of rotatable bonds is 8. The molecule has 0 radical (unpaired) electrons. The maximum Gasteiger partial charge on any atom is 0.336 e. The van der Waals surface area contributed by atoms with Crippen LogP contribution in [-0.2, 0) is 6.54 Å². The van der Waals surface area contributed by atoms with Crippen LogP contribution in [0.2, 0.25) is 0 Å². The van der Waals surface area contributed by atoms with Crippen molar-refractivity contribution in [1.29, 1.82) is 0 Å². The minimum Gasteiger partial charge on any atom is -0.478 e. The number of hydrogen-bond donors (Lipinski definition) is 1. The lowest BCUT2D eigenvalue weighted by Gasteiger charge is -2.22. The number of benzene rings is 2. The van der Waals surface area contributed by atoms with Crippen LogP contribution in [0.15, 0.2) is 70.8 Å². The largest absolute Gasteiger partial charge is 0.478 e. The third-order valence-corrected chi connectivity index (χ3v) is 5.09. The van der Waals surface area contributed by atoms with E-state index in [0.29, 0.717) is 12.1 Å². The van der Waals surface area contributed by atoms with E-state index in [1.165, 1.54) is 0 Å². The maximum absolute atomic E-state index is 11.5. The minimum absolute atomic E-state index is 0.0507. The molecule has 5 nitrogen and oxygen atoms in total. The Bertz CT molecular complexity index is 975. The molecular formula is C29H41N3O2. The van der Waals surface area contributed by atoms with Gasteiger partial charge in [-0.15, -0.1) is 0 Å². The van der Waals surface area contributed by atoms with Crippen molar-refractivity contribution in [3.8, 4) is 11.1 Å². The lowest BCUT2D eigenvalue weighted by molar-refractivity contribution is 0.0697. The topological polar surface area (TPSA) is 65.3 Å². The van der Waals surface area contributed by atoms with Crippen LogP contribution in [0.1, 0.15) is 83.7 Å². The first-order chi connectivity index (χ1) is 16.5. The summed E-state index contributed by atoms with van der Waals surface area (Å²) >= 11 is 0. The van der Waals surface area contributed by atoms with Crippen molar-refractivity contribution in [2.45, 2.75) is 80.3 Å². The van der Waals surface area contributed by atoms with Crippen molar-refractivity contribution in [1.82, 2.24) is 4.90 Å². The highest BCUT2D eigenvalue weighted by atomic mass is 16.4. The summed E-state index contributed by atoms with van der Waals surface area (Å²) in [6.45, 7) is 15.0. The average molecular weight is 464 g/mol. The molecule has 184 valence electrons. The second-order valence-electron chi connectivity index (χ2n) is 7.39. The van der Waals surface area contributed by atoms with E-state index >= 15 is 0 Å². The SMILES string of the molecule is CC.CC.CC/C=C\N=C1C(C)N=C(CCC)N1Cc1ccc(-c2ccccc2C(=O)O)cc1. The smallest absolute Gasteiger partial charge is 0.336 e. The van der Waals surface area contributed by atoms with Gasteiger partial charge in [0.05, 0.1) is 12.1 Å². The zero-order chi connectivity index (χ0) is 25.5. The maximum atomic E-state index is 11.5. The van der Waals surface area contributed by atoms with Crippen LogP contribution in [0.5, 0.6) is 0 Å². The fraction of sp³-hybridized carbons (Fsp3) is 0.414. The van der Waals surface area contributed by atoms with Gasteiger partial charge >= 0.3 is 5.97 Å². The van der Waals surface area contributed by atoms with E-state index < -0.39 is 5.97 Å². The zero-order valence-corrected chi connectivity index (χ0v) is 21.9. The summed E-state index contributed by atoms with van der Waals surface area (Å²) in [7, 11) is 0. The molecule has 0 aromatic heterocycles. The van der Waals surface area contributed by atoms with Crippen LogP contribution >= 0.6 is 0 Å². The molecule has 0 aliphatic carbocycles. The summed E-state index contributed by atoms with van der Waals surface area (Å²) in [5.41, 5.74) is 3.07. The average Bonchev–Trinajstić information content (AvgIpc) is 3.16. The Hall–Kier alpha value is -3.21. The van der Waals surface area contributed by atoms with Gasteiger partial charge in [0.2, 0.25) is 0 Å². The van der Waals surface area contributed by atoms with Crippen LogP contribution in [0, 0.1) is 0 Å². The first kappa shape index (κ1) is 28.8. The van der Waals surface area contributed by atoms with Gasteiger partial charge in [-0.2, -0.15) is 0 Å². The van der Waals surface area contributed by atoms with Crippen molar-refractivity contribution >= 4 is 17.6 Å². The number of nitrogens with zero attached hydrogens (tertiary/aromatic N) is 3. The molecule has 0 fully saturated rings. The molecule has 0 spiro atoms. The summed E-state index contributed by atoms with van der Waals surface area (Å²) in [5, 5.41) is 9.46. The lowest BCUT2D eigenvalue weighted by atomic mass is 9.98. The summed E-state index contributed by atoms with van der Waals surface area (Å²) in [4.78, 5) is 23.2. The molecule has 1 heterocycles. The summed E-state index contributed by atoms with van der Waals surface area (Å²) < 4.78 is 0. The minimum atomic E-state index is -0.915. The van der Waals surface area contributed by atoms with E-state index in [-0.39, 0.29) is 6.04 Å².